The van der Waals surface area contributed by atoms with Gasteiger partial charge in [0, 0.05) is 29.1 Å². The number of aryl methyl sites for hydroxylation is 1. The molecular formula is C42H38N6O9. The number of aromatic hydroxyl groups is 2. The smallest absolute Gasteiger partial charge is 0.348 e. The van der Waals surface area contributed by atoms with Gasteiger partial charge in [0.05, 0.1) is 40.3 Å². The maximum Gasteiger partial charge on any atom is 0.348 e. The van der Waals surface area contributed by atoms with E-state index in [4.69, 9.17) is 14.5 Å². The largest absolute Gasteiger partial charge is 0.508 e. The van der Waals surface area contributed by atoms with Crippen LogP contribution in [0.5, 0.6) is 17.2 Å². The van der Waals surface area contributed by atoms with Gasteiger partial charge in [-0.1, -0.05) is 33.8 Å². The first kappa shape index (κ1) is 36.1. The molecule has 3 aliphatic heterocycles. The van der Waals surface area contributed by atoms with Crippen LogP contribution in [0.1, 0.15) is 85.0 Å². The lowest BCUT2D eigenvalue weighted by Crippen LogP contribution is -2.44. The van der Waals surface area contributed by atoms with Crippen molar-refractivity contribution in [2.75, 3.05) is 0 Å². The van der Waals surface area contributed by atoms with Crippen LogP contribution in [0.3, 0.4) is 0 Å². The van der Waals surface area contributed by atoms with E-state index < -0.39 is 29.3 Å². The fourth-order valence-corrected chi connectivity index (χ4v) is 8.43. The number of phenols is 2. The molecule has 290 valence electrons. The molecule has 0 amide bonds. The van der Waals surface area contributed by atoms with E-state index in [1.165, 1.54) is 10.6 Å². The maximum absolute atomic E-state index is 13.7. The van der Waals surface area contributed by atoms with Gasteiger partial charge in [-0.3, -0.25) is 10.1 Å². The van der Waals surface area contributed by atoms with Crippen LogP contribution in [0.15, 0.2) is 64.2 Å². The highest BCUT2D eigenvalue weighted by Gasteiger charge is 2.45. The highest BCUT2D eigenvalue weighted by atomic mass is 16.6. The molecule has 0 fully saturated rings. The van der Waals surface area contributed by atoms with Gasteiger partial charge >= 0.3 is 17.6 Å². The number of ether oxygens (including phenoxy) is 2. The van der Waals surface area contributed by atoms with Gasteiger partial charge in [0.2, 0.25) is 0 Å². The summed E-state index contributed by atoms with van der Waals surface area (Å²) in [4.78, 5) is 58.0. The monoisotopic (exact) mass is 770 g/mol. The third-order valence-corrected chi connectivity index (χ3v) is 11.5. The van der Waals surface area contributed by atoms with Crippen LogP contribution in [0.25, 0.3) is 39.4 Å². The van der Waals surface area contributed by atoms with Crippen molar-refractivity contribution in [3.8, 4) is 45.7 Å². The van der Waals surface area contributed by atoms with Crippen molar-refractivity contribution in [1.82, 2.24) is 29.6 Å². The number of aromatic amines is 1. The molecule has 6 aromatic rings. The molecule has 0 radical (unpaired) electrons. The first-order valence-electron chi connectivity index (χ1n) is 18.8. The fourth-order valence-electron chi connectivity index (χ4n) is 8.43. The molecule has 15 nitrogen and oxygen atoms in total. The van der Waals surface area contributed by atoms with Gasteiger partial charge in [0.25, 0.3) is 5.56 Å². The van der Waals surface area contributed by atoms with E-state index in [0.717, 1.165) is 22.1 Å². The third kappa shape index (κ3) is 5.40. The van der Waals surface area contributed by atoms with Crippen LogP contribution in [-0.2, 0) is 46.0 Å². The summed E-state index contributed by atoms with van der Waals surface area (Å²) in [6.45, 7) is 7.82. The number of carbonyl (C=O) groups is 2. The van der Waals surface area contributed by atoms with Crippen LogP contribution < -0.4 is 21.3 Å². The molecular weight excluding hydrogens is 732 g/mol. The van der Waals surface area contributed by atoms with E-state index in [-0.39, 0.29) is 65.1 Å². The first-order chi connectivity index (χ1) is 27.3. The molecule has 3 aliphatic rings. The second-order valence-corrected chi connectivity index (χ2v) is 14.9. The normalized spacial score (nSPS) is 18.0. The van der Waals surface area contributed by atoms with Gasteiger partial charge in [0.15, 0.2) is 11.4 Å². The molecule has 3 aromatic carbocycles. The number of carbonyl (C=O) groups excluding carboxylic acids is 2. The summed E-state index contributed by atoms with van der Waals surface area (Å²) in [7, 11) is 0. The van der Waals surface area contributed by atoms with E-state index in [2.05, 4.69) is 15.5 Å². The molecule has 0 aliphatic carbocycles. The Morgan fingerprint density at radius 2 is 1.84 bits per heavy atom. The number of aromatic nitrogens is 5. The number of rotatable bonds is 7. The van der Waals surface area contributed by atoms with Crippen LogP contribution >= 0.6 is 0 Å². The molecule has 2 unspecified atom stereocenters. The number of hydrogen-bond donors (Lipinski definition) is 5. The minimum atomic E-state index is -1.93. The number of benzene rings is 3. The van der Waals surface area contributed by atoms with Gasteiger partial charge in [0.1, 0.15) is 29.9 Å². The minimum absolute atomic E-state index is 0.0471. The SMILES string of the molecule is CCc1c2c(nc3ccc(OC(=O)C4NCc5cc(-n6c(-c7cc(C(C)C)c(O)cc7O)n[nH]c6=O)ccc54)cc13)-c1cc3c(c(=O)n1C2)COC(=O)C3(O)CC. The van der Waals surface area contributed by atoms with Crippen LogP contribution in [-0.4, -0.2) is 51.6 Å². The number of nitrogens with zero attached hydrogens (tertiary/aromatic N) is 4. The molecule has 5 N–H and O–H groups in total. The summed E-state index contributed by atoms with van der Waals surface area (Å²) in [5, 5.41) is 42.9. The Kier molecular flexibility index (Phi) is 8.23. The zero-order valence-electron chi connectivity index (χ0n) is 31.5. The molecule has 15 heteroatoms. The van der Waals surface area contributed by atoms with Crippen LogP contribution in [0.4, 0.5) is 0 Å². The van der Waals surface area contributed by atoms with Gasteiger partial charge in [-0.15, -0.1) is 0 Å². The molecule has 0 saturated carbocycles. The first-order valence-corrected chi connectivity index (χ1v) is 18.8. The molecule has 3 aromatic heterocycles. The number of H-pyrrole nitrogens is 1. The summed E-state index contributed by atoms with van der Waals surface area (Å²) in [5.74, 6) is -1.19. The van der Waals surface area contributed by atoms with E-state index in [0.29, 0.717) is 52.4 Å². The highest BCUT2D eigenvalue weighted by molar-refractivity contribution is 5.91. The second kappa shape index (κ2) is 13.0. The summed E-state index contributed by atoms with van der Waals surface area (Å²) in [5.41, 5.74) is 3.98. The number of fused-ring (bicyclic) bond motifs is 6. The molecule has 57 heavy (non-hydrogen) atoms. The number of cyclic esters (lactones) is 1. The number of hydrogen-bond acceptors (Lipinski definition) is 12. The summed E-state index contributed by atoms with van der Waals surface area (Å²) >= 11 is 0. The van der Waals surface area contributed by atoms with Crippen molar-refractivity contribution in [3.05, 3.63) is 114 Å². The Hall–Kier alpha value is -6.58. The maximum atomic E-state index is 13.7. The van der Waals surface area contributed by atoms with Crippen molar-refractivity contribution in [1.29, 1.82) is 0 Å². The lowest BCUT2D eigenvalue weighted by atomic mass is 9.86. The average molecular weight is 771 g/mol. The predicted octanol–water partition coefficient (Wildman–Crippen LogP) is 4.47. The van der Waals surface area contributed by atoms with E-state index in [9.17, 15) is 34.5 Å². The average Bonchev–Trinajstić information content (AvgIpc) is 3.90. The molecule has 9 rings (SSSR count). The standard InChI is InChI=1S/C42H38N6O9/c1-5-23-26-12-22(8-10-31(26)44-35-28(23)17-47-32(35)14-30-29(38(47)51)18-56-40(53)42(30,55)6-2)57-39(52)36-24-9-7-21(11-20(24)16-43-36)48-37(45-46-41(48)54)27-13-25(19(3)4)33(49)15-34(27)50/h7-15,19,36,43,49-50,55H,5-6,16-18H2,1-4H3,(H,46,54). The quantitative estimate of drug-likeness (QED) is 0.112. The summed E-state index contributed by atoms with van der Waals surface area (Å²) in [6.07, 6.45) is 0.639. The topological polar surface area (TPSA) is 211 Å². The van der Waals surface area contributed by atoms with Crippen molar-refractivity contribution in [2.45, 2.75) is 77.8 Å². The number of nitrogens with one attached hydrogen (secondary N) is 2. The van der Waals surface area contributed by atoms with Gasteiger partial charge in [-0.2, -0.15) is 5.10 Å². The second-order valence-electron chi connectivity index (χ2n) is 14.9. The number of pyridine rings is 2. The number of phenolic OH excluding ortho intramolecular Hbond substituents is 2. The Labute approximate surface area is 324 Å². The van der Waals surface area contributed by atoms with Crippen LogP contribution in [0.2, 0.25) is 0 Å². The van der Waals surface area contributed by atoms with Gasteiger partial charge in [-0.05, 0) is 83.5 Å². The van der Waals surface area contributed by atoms with Crippen molar-refractivity contribution in [2.24, 2.45) is 0 Å². The van der Waals surface area contributed by atoms with E-state index in [1.54, 1.807) is 60.0 Å². The van der Waals surface area contributed by atoms with Crippen molar-refractivity contribution >= 4 is 22.8 Å². The highest BCUT2D eigenvalue weighted by Crippen LogP contribution is 2.42. The van der Waals surface area contributed by atoms with Gasteiger partial charge < -0.3 is 29.4 Å². The molecule has 0 bridgehead atoms. The number of esters is 2. The van der Waals surface area contributed by atoms with Crippen molar-refractivity contribution in [3.63, 3.8) is 0 Å². The zero-order valence-corrected chi connectivity index (χ0v) is 31.5. The molecule has 2 atom stereocenters. The Morgan fingerprint density at radius 3 is 2.60 bits per heavy atom. The van der Waals surface area contributed by atoms with Crippen LogP contribution in [0, 0.1) is 0 Å². The van der Waals surface area contributed by atoms with E-state index in [1.807, 2.05) is 20.8 Å². The lowest BCUT2D eigenvalue weighted by Gasteiger charge is -2.31. The molecule has 0 saturated heterocycles. The minimum Gasteiger partial charge on any atom is -0.508 e. The molecule has 6 heterocycles. The summed E-state index contributed by atoms with van der Waals surface area (Å²) < 4.78 is 14.1. The molecule has 0 spiro atoms. The Morgan fingerprint density at radius 1 is 1.04 bits per heavy atom. The Balaban J connectivity index is 1.01. The lowest BCUT2D eigenvalue weighted by molar-refractivity contribution is -0.172. The number of aliphatic hydroxyl groups is 1. The van der Waals surface area contributed by atoms with E-state index >= 15 is 0 Å². The fraction of sp³-hybridized carbons (Fsp3) is 0.286. The summed E-state index contributed by atoms with van der Waals surface area (Å²) in [6, 6.07) is 14.1. The van der Waals surface area contributed by atoms with Crippen molar-refractivity contribution < 1.29 is 34.4 Å². The third-order valence-electron chi connectivity index (χ3n) is 11.5. The predicted molar refractivity (Wildman–Crippen MR) is 206 cm³/mol. The Bertz CT molecular complexity index is 2850. The zero-order chi connectivity index (χ0) is 40.1. The van der Waals surface area contributed by atoms with Gasteiger partial charge in [-0.25, -0.2) is 29.0 Å².